The summed E-state index contributed by atoms with van der Waals surface area (Å²) in [4.78, 5) is 68.5. The van der Waals surface area contributed by atoms with Gasteiger partial charge in [-0.2, -0.15) is 0 Å². The minimum absolute atomic E-state index is 0.00751. The van der Waals surface area contributed by atoms with Crippen molar-refractivity contribution >= 4 is 61.3 Å². The highest BCUT2D eigenvalue weighted by Crippen LogP contribution is 2.25. The minimum atomic E-state index is -1.69. The number of allylic oxidation sites excluding steroid dienone is 2. The van der Waals surface area contributed by atoms with Gasteiger partial charge in [0.05, 0.1) is 10.6 Å². The molecule has 0 radical (unpaired) electrons. The van der Waals surface area contributed by atoms with Crippen molar-refractivity contribution in [1.82, 2.24) is 15.5 Å². The summed E-state index contributed by atoms with van der Waals surface area (Å²) in [6, 6.07) is 7.17. The SMILES string of the molecule is C/C1=C\CCCC(=O)N[C@@H](C)C(=O)N(C)[C@H](Cc2ccc(O)c(Br)c2)C(=O)NC(C(=O)c2ccc(Br)cc2)C(=O)O[C@H](C)CC1. The summed E-state index contributed by atoms with van der Waals surface area (Å²) in [5, 5.41) is 15.2. The number of rotatable bonds is 4. The number of esters is 1. The Labute approximate surface area is 280 Å². The highest BCUT2D eigenvalue weighted by Gasteiger charge is 2.37. The second kappa shape index (κ2) is 16.7. The first-order valence-corrected chi connectivity index (χ1v) is 16.3. The van der Waals surface area contributed by atoms with Crippen molar-refractivity contribution in [3.63, 3.8) is 0 Å². The number of likely N-dealkylation sites (N-methyl/N-ethyl adjacent to an activating group) is 1. The van der Waals surface area contributed by atoms with E-state index in [-0.39, 0.29) is 30.1 Å². The molecular weight excluding hydrogens is 710 g/mol. The number of phenolic OH excluding ortho intramolecular Hbond substituents is 1. The Bertz CT molecular complexity index is 1440. The molecule has 4 atom stereocenters. The predicted octanol–water partition coefficient (Wildman–Crippen LogP) is 5.00. The lowest BCUT2D eigenvalue weighted by molar-refractivity contribution is -0.151. The zero-order valence-electron chi connectivity index (χ0n) is 25.8. The maximum absolute atomic E-state index is 14.0. The lowest BCUT2D eigenvalue weighted by Gasteiger charge is -2.31. The van der Waals surface area contributed by atoms with Crippen molar-refractivity contribution in [1.29, 1.82) is 0 Å². The molecular formula is C33H39Br2N3O7. The summed E-state index contributed by atoms with van der Waals surface area (Å²) in [6.45, 7) is 5.22. The first-order valence-electron chi connectivity index (χ1n) is 14.8. The molecule has 0 bridgehead atoms. The van der Waals surface area contributed by atoms with E-state index in [0.717, 1.165) is 10.0 Å². The predicted molar refractivity (Wildman–Crippen MR) is 176 cm³/mol. The molecule has 0 fully saturated rings. The van der Waals surface area contributed by atoms with E-state index in [1.54, 1.807) is 31.2 Å². The fraction of sp³-hybridized carbons (Fsp3) is 0.424. The van der Waals surface area contributed by atoms with Crippen LogP contribution in [0.3, 0.4) is 0 Å². The molecule has 2 aromatic carbocycles. The fourth-order valence-electron chi connectivity index (χ4n) is 4.86. The number of Topliss-reactive ketones (excluding diaryl/α,β-unsaturated/α-hetero) is 1. The molecule has 2 aromatic rings. The van der Waals surface area contributed by atoms with Crippen LogP contribution in [0.2, 0.25) is 0 Å². The molecule has 45 heavy (non-hydrogen) atoms. The van der Waals surface area contributed by atoms with Crippen LogP contribution in [0.5, 0.6) is 5.75 Å². The van der Waals surface area contributed by atoms with Gasteiger partial charge in [-0.25, -0.2) is 4.79 Å². The molecule has 0 aliphatic carbocycles. The molecule has 3 N–H and O–H groups in total. The molecule has 1 unspecified atom stereocenters. The van der Waals surface area contributed by atoms with Gasteiger partial charge in [0.15, 0.2) is 11.8 Å². The van der Waals surface area contributed by atoms with Crippen LogP contribution in [0.1, 0.15) is 68.8 Å². The first kappa shape index (κ1) is 36.0. The molecule has 3 rings (SSSR count). The number of ether oxygens (including phenoxy) is 1. The maximum atomic E-state index is 14.0. The van der Waals surface area contributed by atoms with Crippen molar-refractivity contribution in [3.05, 3.63) is 74.2 Å². The molecule has 3 amide bonds. The van der Waals surface area contributed by atoms with Crippen LogP contribution in [0.25, 0.3) is 0 Å². The van der Waals surface area contributed by atoms with Gasteiger partial charge in [0.25, 0.3) is 0 Å². The van der Waals surface area contributed by atoms with E-state index in [9.17, 15) is 29.1 Å². The molecule has 242 valence electrons. The van der Waals surface area contributed by atoms with Crippen LogP contribution in [0, 0.1) is 0 Å². The van der Waals surface area contributed by atoms with Gasteiger partial charge in [-0.05, 0) is 92.2 Å². The van der Waals surface area contributed by atoms with E-state index >= 15 is 0 Å². The van der Waals surface area contributed by atoms with Gasteiger partial charge in [0.2, 0.25) is 17.7 Å². The van der Waals surface area contributed by atoms with Crippen molar-refractivity contribution in [3.8, 4) is 5.75 Å². The van der Waals surface area contributed by atoms with Gasteiger partial charge in [-0.15, -0.1) is 0 Å². The van der Waals surface area contributed by atoms with E-state index in [2.05, 4.69) is 42.5 Å². The summed E-state index contributed by atoms with van der Waals surface area (Å²) < 4.78 is 6.79. The normalized spacial score (nSPS) is 24.2. The Morgan fingerprint density at radius 3 is 2.38 bits per heavy atom. The van der Waals surface area contributed by atoms with Crippen LogP contribution >= 0.6 is 31.9 Å². The van der Waals surface area contributed by atoms with Gasteiger partial charge in [0, 0.05) is 29.9 Å². The van der Waals surface area contributed by atoms with Crippen LogP contribution < -0.4 is 10.6 Å². The van der Waals surface area contributed by atoms with Crippen LogP contribution in [0.4, 0.5) is 0 Å². The van der Waals surface area contributed by atoms with Gasteiger partial charge >= 0.3 is 5.97 Å². The number of nitrogens with one attached hydrogen (secondary N) is 2. The molecule has 10 nitrogen and oxygen atoms in total. The van der Waals surface area contributed by atoms with Gasteiger partial charge in [-0.1, -0.05) is 45.8 Å². The van der Waals surface area contributed by atoms with E-state index in [0.29, 0.717) is 35.7 Å². The number of aromatic hydroxyl groups is 1. The molecule has 0 aromatic heterocycles. The lowest BCUT2D eigenvalue weighted by atomic mass is 10.0. The molecule has 1 heterocycles. The average Bonchev–Trinajstić information content (AvgIpc) is 3.00. The second-order valence-electron chi connectivity index (χ2n) is 11.3. The highest BCUT2D eigenvalue weighted by atomic mass is 79.9. The summed E-state index contributed by atoms with van der Waals surface area (Å²) in [5.74, 6) is -3.19. The number of phenols is 1. The number of cyclic esters (lactones) is 1. The largest absolute Gasteiger partial charge is 0.507 e. The van der Waals surface area contributed by atoms with Crippen molar-refractivity contribution < 1.29 is 33.8 Å². The molecule has 12 heteroatoms. The standard InChI is InChI=1S/C33H39Br2N3O7/c1-19-7-5-6-8-28(40)36-21(3)32(43)38(4)26(18-22-11-16-27(39)25(35)17-22)31(42)37-29(33(44)45-20(2)10-9-19)30(41)23-12-14-24(34)15-13-23/h7,11-17,20-21,26,29,39H,5-6,8-10,18H2,1-4H3,(H,36,40)(H,37,42)/b19-7+/t20-,21+,26-,29?/m1/s1. The third kappa shape index (κ3) is 10.5. The highest BCUT2D eigenvalue weighted by molar-refractivity contribution is 9.10. The zero-order valence-corrected chi connectivity index (χ0v) is 28.9. The third-order valence-electron chi connectivity index (χ3n) is 7.58. The average molecular weight is 749 g/mol. The Hall–Kier alpha value is -3.51. The van der Waals surface area contributed by atoms with Crippen molar-refractivity contribution in [2.24, 2.45) is 0 Å². The number of ketones is 1. The summed E-state index contributed by atoms with van der Waals surface area (Å²) in [5.41, 5.74) is 1.84. The lowest BCUT2D eigenvalue weighted by Crippen LogP contribution is -2.58. The Kier molecular flexibility index (Phi) is 13.3. The van der Waals surface area contributed by atoms with Crippen LogP contribution in [-0.2, 0) is 30.3 Å². The summed E-state index contributed by atoms with van der Waals surface area (Å²) in [7, 11) is 1.42. The molecule has 0 saturated heterocycles. The maximum Gasteiger partial charge on any atom is 0.337 e. The quantitative estimate of drug-likeness (QED) is 0.173. The van der Waals surface area contributed by atoms with Crippen molar-refractivity contribution in [2.75, 3.05) is 7.05 Å². The molecule has 0 saturated carbocycles. The number of carbonyl (C=O) groups is 5. The molecule has 1 aliphatic heterocycles. The topological polar surface area (TPSA) is 142 Å². The molecule has 1 aliphatic rings. The number of hydrogen-bond acceptors (Lipinski definition) is 7. The van der Waals surface area contributed by atoms with Gasteiger partial charge in [0.1, 0.15) is 17.8 Å². The number of halogens is 2. The number of hydrogen-bond donors (Lipinski definition) is 3. The smallest absolute Gasteiger partial charge is 0.337 e. The fourth-order valence-corrected chi connectivity index (χ4v) is 5.55. The van der Waals surface area contributed by atoms with E-state index in [1.165, 1.54) is 37.1 Å². The van der Waals surface area contributed by atoms with Crippen molar-refractivity contribution in [2.45, 2.75) is 83.5 Å². The van der Waals surface area contributed by atoms with Crippen LogP contribution in [-0.4, -0.2) is 70.8 Å². The van der Waals surface area contributed by atoms with Gasteiger partial charge in [-0.3, -0.25) is 19.2 Å². The van der Waals surface area contributed by atoms with E-state index in [4.69, 9.17) is 4.74 Å². The second-order valence-corrected chi connectivity index (χ2v) is 13.1. The van der Waals surface area contributed by atoms with Crippen LogP contribution in [0.15, 0.2) is 63.1 Å². The van der Waals surface area contributed by atoms with E-state index < -0.39 is 47.8 Å². The zero-order chi connectivity index (χ0) is 33.3. The first-order chi connectivity index (χ1) is 21.3. The monoisotopic (exact) mass is 747 g/mol. The minimum Gasteiger partial charge on any atom is -0.507 e. The van der Waals surface area contributed by atoms with Gasteiger partial charge < -0.3 is 25.4 Å². The number of carbonyl (C=O) groups excluding carboxylic acids is 5. The summed E-state index contributed by atoms with van der Waals surface area (Å²) >= 11 is 6.60. The number of benzene rings is 2. The number of nitrogens with zero attached hydrogens (tertiary/aromatic N) is 1. The Morgan fingerprint density at radius 2 is 1.71 bits per heavy atom. The summed E-state index contributed by atoms with van der Waals surface area (Å²) in [6.07, 6.45) is 4.07. The number of amides is 3. The van der Waals surface area contributed by atoms with E-state index in [1.807, 2.05) is 13.0 Å². The Morgan fingerprint density at radius 1 is 1.02 bits per heavy atom. The third-order valence-corrected chi connectivity index (χ3v) is 8.75. The Balaban J connectivity index is 2.02. The molecule has 0 spiro atoms.